The second-order valence-corrected chi connectivity index (χ2v) is 12.3. The summed E-state index contributed by atoms with van der Waals surface area (Å²) in [5.41, 5.74) is 0.673. The summed E-state index contributed by atoms with van der Waals surface area (Å²) >= 11 is 1.51. The van der Waals surface area contributed by atoms with Gasteiger partial charge in [0.25, 0.3) is 11.8 Å². The summed E-state index contributed by atoms with van der Waals surface area (Å²) in [6.45, 7) is 9.34. The van der Waals surface area contributed by atoms with E-state index in [2.05, 4.69) is 26.6 Å². The summed E-state index contributed by atoms with van der Waals surface area (Å²) in [7, 11) is 0. The van der Waals surface area contributed by atoms with Gasteiger partial charge in [-0.15, -0.1) is 0 Å². The lowest BCUT2D eigenvalue weighted by Crippen LogP contribution is -2.56. The maximum absolute atomic E-state index is 13.3. The number of anilines is 1. The molecule has 0 saturated carbocycles. The van der Waals surface area contributed by atoms with Crippen LogP contribution in [0.15, 0.2) is 36.4 Å². The average Bonchev–Trinajstić information content (AvgIpc) is 3.28. The molecular formula is C30H44N6O7S. The van der Waals surface area contributed by atoms with Crippen molar-refractivity contribution < 1.29 is 33.5 Å². The first-order chi connectivity index (χ1) is 20.7. The Morgan fingerprint density at radius 3 is 2.16 bits per heavy atom. The molecule has 0 aliphatic carbocycles. The van der Waals surface area contributed by atoms with Crippen LogP contribution in [-0.4, -0.2) is 83.4 Å². The van der Waals surface area contributed by atoms with E-state index in [9.17, 15) is 28.8 Å². The number of carbonyl (C=O) groups is 6. The number of nitrogens with zero attached hydrogens (tertiary/aromatic N) is 1. The number of urea groups is 1. The number of thioether (sulfide) groups is 1. The largest absolute Gasteiger partial charge is 0.444 e. The average molecular weight is 633 g/mol. The quantitative estimate of drug-likeness (QED) is 0.183. The van der Waals surface area contributed by atoms with Gasteiger partial charge in [-0.3, -0.25) is 24.1 Å². The summed E-state index contributed by atoms with van der Waals surface area (Å²) in [6, 6.07) is 4.43. The van der Waals surface area contributed by atoms with Crippen LogP contribution < -0.4 is 26.6 Å². The molecule has 1 heterocycles. The Morgan fingerprint density at radius 2 is 1.59 bits per heavy atom. The molecule has 1 aromatic carbocycles. The first-order valence-electron chi connectivity index (χ1n) is 14.5. The van der Waals surface area contributed by atoms with Crippen LogP contribution in [0.1, 0.15) is 53.0 Å². The number of hydrogen-bond acceptors (Lipinski definition) is 8. The third-order valence-electron chi connectivity index (χ3n) is 6.61. The van der Waals surface area contributed by atoms with E-state index in [1.54, 1.807) is 45.0 Å². The zero-order valence-electron chi connectivity index (χ0n) is 26.2. The smallest absolute Gasteiger partial charge is 0.407 e. The van der Waals surface area contributed by atoms with Crippen LogP contribution in [0.25, 0.3) is 0 Å². The van der Waals surface area contributed by atoms with Gasteiger partial charge in [0, 0.05) is 37.5 Å². The summed E-state index contributed by atoms with van der Waals surface area (Å²) in [5.74, 6) is -1.48. The van der Waals surface area contributed by atoms with Crippen molar-refractivity contribution in [2.45, 2.75) is 71.7 Å². The number of imide groups is 1. The molecule has 2 rings (SSSR count). The van der Waals surface area contributed by atoms with E-state index in [0.717, 1.165) is 10.5 Å². The van der Waals surface area contributed by atoms with Crippen LogP contribution in [-0.2, 0) is 30.5 Å². The number of carbonyl (C=O) groups excluding carboxylic acids is 6. The Labute approximate surface area is 262 Å². The predicted octanol–water partition coefficient (Wildman–Crippen LogP) is 2.53. The fourth-order valence-corrected chi connectivity index (χ4v) is 4.50. The van der Waals surface area contributed by atoms with E-state index < -0.39 is 53.4 Å². The number of amides is 7. The number of alkyl carbamates (subject to hydrolysis) is 1. The topological polar surface area (TPSA) is 175 Å². The molecule has 14 heteroatoms. The van der Waals surface area contributed by atoms with Gasteiger partial charge in [-0.2, -0.15) is 11.8 Å². The van der Waals surface area contributed by atoms with E-state index in [0.29, 0.717) is 24.3 Å². The number of ether oxygens (including phenoxy) is 1. The molecule has 0 spiro atoms. The standard InChI is InChI=1S/C30H44N6O7S/c1-7-19(2)25(27(40)31-15-16-36-23(37)12-13-24(36)38)35-26(39)22(14-17-44-6)34-28(41)33-21-10-8-20(9-11-21)18-32-29(42)43-30(3,4)5/h8-13,19,22,25H,7,14-18H2,1-6H3,(H,31,40)(H,32,42)(H,35,39)(H2,33,34,41)/t19-,22-,25-/m0/s1. The van der Waals surface area contributed by atoms with Crippen molar-refractivity contribution in [2.75, 3.05) is 30.4 Å². The minimum Gasteiger partial charge on any atom is -0.444 e. The van der Waals surface area contributed by atoms with Crippen molar-refractivity contribution in [1.82, 2.24) is 26.2 Å². The highest BCUT2D eigenvalue weighted by Gasteiger charge is 2.30. The molecule has 0 unspecified atom stereocenters. The second-order valence-electron chi connectivity index (χ2n) is 11.3. The molecule has 0 radical (unpaired) electrons. The van der Waals surface area contributed by atoms with Gasteiger partial charge in [-0.1, -0.05) is 32.4 Å². The zero-order valence-corrected chi connectivity index (χ0v) is 27.0. The molecule has 1 aliphatic heterocycles. The van der Waals surface area contributed by atoms with Crippen molar-refractivity contribution in [3.05, 3.63) is 42.0 Å². The molecule has 0 aromatic heterocycles. The molecule has 1 aromatic rings. The Hall–Kier alpha value is -4.07. The molecule has 44 heavy (non-hydrogen) atoms. The summed E-state index contributed by atoms with van der Waals surface area (Å²) in [4.78, 5) is 75.5. The summed E-state index contributed by atoms with van der Waals surface area (Å²) < 4.78 is 5.22. The van der Waals surface area contributed by atoms with Gasteiger partial charge in [0.05, 0.1) is 0 Å². The van der Waals surface area contributed by atoms with Crippen molar-refractivity contribution in [2.24, 2.45) is 5.92 Å². The minimum atomic E-state index is -0.912. The predicted molar refractivity (Wildman–Crippen MR) is 169 cm³/mol. The van der Waals surface area contributed by atoms with Crippen LogP contribution in [0.4, 0.5) is 15.3 Å². The molecule has 1 aliphatic rings. The van der Waals surface area contributed by atoms with Gasteiger partial charge in [0.2, 0.25) is 11.8 Å². The maximum Gasteiger partial charge on any atom is 0.407 e. The molecule has 0 fully saturated rings. The second kappa shape index (κ2) is 17.3. The van der Waals surface area contributed by atoms with Crippen LogP contribution >= 0.6 is 11.8 Å². The fraction of sp³-hybridized carbons (Fsp3) is 0.533. The van der Waals surface area contributed by atoms with Gasteiger partial charge < -0.3 is 31.3 Å². The van der Waals surface area contributed by atoms with E-state index in [1.807, 2.05) is 20.1 Å². The highest BCUT2D eigenvalue weighted by Crippen LogP contribution is 2.13. The SMILES string of the molecule is CC[C@H](C)[C@H](NC(=O)[C@H](CCSC)NC(=O)Nc1ccc(CNC(=O)OC(C)(C)C)cc1)C(=O)NCCN1C(=O)C=CC1=O. The molecule has 7 amide bonds. The fourth-order valence-electron chi connectivity index (χ4n) is 4.03. The monoisotopic (exact) mass is 632 g/mol. The first kappa shape index (κ1) is 36.1. The van der Waals surface area contributed by atoms with Crippen LogP contribution in [0.5, 0.6) is 0 Å². The van der Waals surface area contributed by atoms with Gasteiger partial charge >= 0.3 is 12.1 Å². The first-order valence-corrected chi connectivity index (χ1v) is 15.9. The number of hydrogen-bond donors (Lipinski definition) is 5. The van der Waals surface area contributed by atoms with Gasteiger partial charge in [-0.25, -0.2) is 9.59 Å². The minimum absolute atomic E-state index is 0.0108. The molecule has 242 valence electrons. The van der Waals surface area contributed by atoms with Crippen LogP contribution in [0.2, 0.25) is 0 Å². The lowest BCUT2D eigenvalue weighted by atomic mass is 9.97. The molecule has 3 atom stereocenters. The van der Waals surface area contributed by atoms with Crippen molar-refractivity contribution in [3.63, 3.8) is 0 Å². The van der Waals surface area contributed by atoms with E-state index in [4.69, 9.17) is 4.74 Å². The number of benzene rings is 1. The summed E-state index contributed by atoms with van der Waals surface area (Å²) in [5, 5.41) is 13.5. The molecule has 13 nitrogen and oxygen atoms in total. The third kappa shape index (κ3) is 12.3. The van der Waals surface area contributed by atoms with E-state index in [-0.39, 0.29) is 25.6 Å². The number of rotatable bonds is 15. The molecular weight excluding hydrogens is 588 g/mol. The summed E-state index contributed by atoms with van der Waals surface area (Å²) in [6.07, 6.45) is 4.62. The Bertz CT molecular complexity index is 1200. The van der Waals surface area contributed by atoms with E-state index in [1.165, 1.54) is 23.9 Å². The molecule has 0 bridgehead atoms. The lowest BCUT2D eigenvalue weighted by molar-refractivity contribution is -0.137. The van der Waals surface area contributed by atoms with Crippen molar-refractivity contribution >= 4 is 53.2 Å². The van der Waals surface area contributed by atoms with Crippen molar-refractivity contribution in [1.29, 1.82) is 0 Å². The molecule has 0 saturated heterocycles. The normalized spacial score (nSPS) is 14.8. The van der Waals surface area contributed by atoms with Gasteiger partial charge in [-0.05, 0) is 62.8 Å². The Morgan fingerprint density at radius 1 is 0.955 bits per heavy atom. The maximum atomic E-state index is 13.3. The van der Waals surface area contributed by atoms with Crippen LogP contribution in [0.3, 0.4) is 0 Å². The molecule has 5 N–H and O–H groups in total. The highest BCUT2D eigenvalue weighted by molar-refractivity contribution is 7.98. The van der Waals surface area contributed by atoms with Crippen LogP contribution in [0, 0.1) is 5.92 Å². The third-order valence-corrected chi connectivity index (χ3v) is 7.25. The lowest BCUT2D eigenvalue weighted by Gasteiger charge is -2.27. The van der Waals surface area contributed by atoms with Gasteiger partial charge in [0.15, 0.2) is 0 Å². The zero-order chi connectivity index (χ0) is 32.9. The van der Waals surface area contributed by atoms with E-state index >= 15 is 0 Å². The Balaban J connectivity index is 1.95. The Kier molecular flexibility index (Phi) is 14.2. The van der Waals surface area contributed by atoms with Crippen molar-refractivity contribution in [3.8, 4) is 0 Å². The van der Waals surface area contributed by atoms with Gasteiger partial charge in [0.1, 0.15) is 17.7 Å². The highest BCUT2D eigenvalue weighted by atomic mass is 32.2. The number of nitrogens with one attached hydrogen (secondary N) is 5.